The third kappa shape index (κ3) is 6.56. The molecule has 1 aromatic carbocycles. The van der Waals surface area contributed by atoms with E-state index < -0.39 is 40.6 Å². The minimum Gasteiger partial charge on any atom is -0.469 e. The molecule has 1 aliphatic rings. The van der Waals surface area contributed by atoms with E-state index >= 15 is 0 Å². The zero-order valence-electron chi connectivity index (χ0n) is 19.2. The third-order valence-corrected chi connectivity index (χ3v) is 5.12. The molecular weight excluding hydrogens is 446 g/mol. The Labute approximate surface area is 196 Å². The summed E-state index contributed by atoms with van der Waals surface area (Å²) in [6.45, 7) is 4.78. The molecular formula is C23H27N3O8. The Kier molecular flexibility index (Phi) is 7.54. The fourth-order valence-electron chi connectivity index (χ4n) is 3.52. The molecule has 2 heterocycles. The van der Waals surface area contributed by atoms with Crippen molar-refractivity contribution >= 4 is 23.7 Å². The largest absolute Gasteiger partial charge is 0.469 e. The summed E-state index contributed by atoms with van der Waals surface area (Å²) >= 11 is 0. The van der Waals surface area contributed by atoms with Crippen LogP contribution in [0.1, 0.15) is 38.5 Å². The number of benzene rings is 1. The van der Waals surface area contributed by atoms with Crippen molar-refractivity contribution in [2.75, 3.05) is 6.54 Å². The van der Waals surface area contributed by atoms with E-state index in [4.69, 9.17) is 13.9 Å². The van der Waals surface area contributed by atoms with Crippen LogP contribution in [0.2, 0.25) is 0 Å². The number of amides is 2. The molecule has 11 nitrogen and oxygen atoms in total. The number of β-lactam (4-membered cyclic amide) rings is 1. The fourth-order valence-corrected chi connectivity index (χ4v) is 3.52. The van der Waals surface area contributed by atoms with Gasteiger partial charge in [0.05, 0.1) is 17.2 Å². The molecule has 1 saturated heterocycles. The number of carbonyl (C=O) groups excluding carboxylic acids is 3. The van der Waals surface area contributed by atoms with Crippen LogP contribution in [-0.2, 0) is 32.1 Å². The maximum absolute atomic E-state index is 12.7. The summed E-state index contributed by atoms with van der Waals surface area (Å²) < 4.78 is 15.8. The summed E-state index contributed by atoms with van der Waals surface area (Å²) in [4.78, 5) is 48.8. The fraction of sp³-hybridized carbons (Fsp3) is 0.435. The highest BCUT2D eigenvalue weighted by molar-refractivity contribution is 5.94. The molecule has 0 saturated carbocycles. The van der Waals surface area contributed by atoms with Crippen molar-refractivity contribution in [3.8, 4) is 0 Å². The van der Waals surface area contributed by atoms with Gasteiger partial charge in [0, 0.05) is 18.6 Å². The van der Waals surface area contributed by atoms with Crippen LogP contribution in [0.5, 0.6) is 0 Å². The molecule has 1 aliphatic heterocycles. The standard InChI is InChI=1S/C23H27N3O8/c1-23(2,3)34-22(29)24-20-18(11-10-17-5-4-12-32-17)25(21(20)28)13-19(27)33-14-15-6-8-16(9-7-15)26(30)31/h4-9,12,18,20H,10-11,13-14H2,1-3H3,(H,24,29)/t18-,20+/m1/s1. The number of furan rings is 1. The molecule has 11 heteroatoms. The molecule has 34 heavy (non-hydrogen) atoms. The van der Waals surface area contributed by atoms with E-state index in [1.54, 1.807) is 39.2 Å². The van der Waals surface area contributed by atoms with Gasteiger partial charge in [0.1, 0.15) is 30.6 Å². The number of nitrogens with zero attached hydrogens (tertiary/aromatic N) is 2. The van der Waals surface area contributed by atoms with Gasteiger partial charge in [-0.15, -0.1) is 0 Å². The number of ether oxygens (including phenoxy) is 2. The van der Waals surface area contributed by atoms with Gasteiger partial charge >= 0.3 is 12.1 Å². The van der Waals surface area contributed by atoms with Crippen molar-refractivity contribution in [3.05, 3.63) is 64.1 Å². The highest BCUT2D eigenvalue weighted by Gasteiger charge is 2.49. The van der Waals surface area contributed by atoms with Gasteiger partial charge in [-0.3, -0.25) is 19.7 Å². The molecule has 0 unspecified atom stereocenters. The molecule has 0 bridgehead atoms. The second-order valence-electron chi connectivity index (χ2n) is 8.86. The van der Waals surface area contributed by atoms with Crippen LogP contribution in [0.4, 0.5) is 10.5 Å². The van der Waals surface area contributed by atoms with E-state index in [0.29, 0.717) is 18.4 Å². The Morgan fingerprint density at radius 1 is 1.21 bits per heavy atom. The van der Waals surface area contributed by atoms with Gasteiger partial charge in [0.2, 0.25) is 5.91 Å². The smallest absolute Gasteiger partial charge is 0.408 e. The van der Waals surface area contributed by atoms with Crippen LogP contribution in [-0.4, -0.2) is 52.0 Å². The first-order valence-corrected chi connectivity index (χ1v) is 10.7. The molecule has 1 aromatic heterocycles. The predicted octanol–water partition coefficient (Wildman–Crippen LogP) is 2.97. The zero-order chi connectivity index (χ0) is 24.9. The van der Waals surface area contributed by atoms with Gasteiger partial charge in [-0.1, -0.05) is 0 Å². The van der Waals surface area contributed by atoms with Crippen LogP contribution in [0.15, 0.2) is 47.1 Å². The Bertz CT molecular complexity index is 1030. The Morgan fingerprint density at radius 3 is 2.50 bits per heavy atom. The van der Waals surface area contributed by atoms with Crippen molar-refractivity contribution in [1.82, 2.24) is 10.2 Å². The van der Waals surface area contributed by atoms with Crippen molar-refractivity contribution < 1.29 is 33.2 Å². The topological polar surface area (TPSA) is 141 Å². The van der Waals surface area contributed by atoms with Crippen LogP contribution in [0.3, 0.4) is 0 Å². The van der Waals surface area contributed by atoms with E-state index in [9.17, 15) is 24.5 Å². The Hall–Kier alpha value is -3.89. The van der Waals surface area contributed by atoms with Crippen molar-refractivity contribution in [3.63, 3.8) is 0 Å². The number of non-ortho nitro benzene ring substituents is 1. The number of aryl methyl sites for hydroxylation is 1. The van der Waals surface area contributed by atoms with Crippen molar-refractivity contribution in [2.24, 2.45) is 0 Å². The second kappa shape index (κ2) is 10.4. The van der Waals surface area contributed by atoms with E-state index in [0.717, 1.165) is 5.76 Å². The summed E-state index contributed by atoms with van der Waals surface area (Å²) in [5.41, 5.74) is -0.209. The minimum atomic E-state index is -0.827. The van der Waals surface area contributed by atoms with Crippen molar-refractivity contribution in [2.45, 2.75) is 57.9 Å². The number of rotatable bonds is 9. The third-order valence-electron chi connectivity index (χ3n) is 5.12. The van der Waals surface area contributed by atoms with E-state index in [2.05, 4.69) is 5.32 Å². The molecule has 2 aromatic rings. The molecule has 3 rings (SSSR count). The van der Waals surface area contributed by atoms with E-state index in [-0.39, 0.29) is 18.8 Å². The molecule has 2 atom stereocenters. The lowest BCUT2D eigenvalue weighted by atomic mass is 9.90. The number of carbonyl (C=O) groups is 3. The van der Waals surface area contributed by atoms with Gasteiger partial charge in [-0.05, 0) is 57.0 Å². The van der Waals surface area contributed by atoms with Gasteiger partial charge in [0.15, 0.2) is 0 Å². The molecule has 2 amide bonds. The van der Waals surface area contributed by atoms with Gasteiger partial charge < -0.3 is 24.1 Å². The molecule has 182 valence electrons. The SMILES string of the molecule is CC(C)(C)OC(=O)N[C@@H]1C(=O)N(CC(=O)OCc2ccc([N+](=O)[O-])cc2)[C@@H]1CCc1ccco1. The summed E-state index contributed by atoms with van der Waals surface area (Å²) in [5.74, 6) is -0.330. The maximum atomic E-state index is 12.7. The zero-order valence-corrected chi connectivity index (χ0v) is 19.2. The first-order valence-electron chi connectivity index (χ1n) is 10.7. The number of hydrogen-bond acceptors (Lipinski definition) is 8. The number of nitrogens with one attached hydrogen (secondary N) is 1. The summed E-state index contributed by atoms with van der Waals surface area (Å²) in [7, 11) is 0. The summed E-state index contributed by atoms with van der Waals surface area (Å²) in [6.07, 6.45) is 1.79. The average Bonchev–Trinajstić information content (AvgIpc) is 3.28. The predicted molar refractivity (Wildman–Crippen MR) is 119 cm³/mol. The number of nitro groups is 1. The van der Waals surface area contributed by atoms with Crippen molar-refractivity contribution in [1.29, 1.82) is 0 Å². The normalized spacial score (nSPS) is 17.6. The Morgan fingerprint density at radius 2 is 1.91 bits per heavy atom. The quantitative estimate of drug-likeness (QED) is 0.254. The van der Waals surface area contributed by atoms with E-state index in [1.807, 2.05) is 0 Å². The number of nitro benzene ring substituents is 1. The Balaban J connectivity index is 1.58. The van der Waals surface area contributed by atoms with Crippen LogP contribution in [0.25, 0.3) is 0 Å². The van der Waals surface area contributed by atoms with Gasteiger partial charge in [0.25, 0.3) is 5.69 Å². The van der Waals surface area contributed by atoms with Crippen LogP contribution < -0.4 is 5.32 Å². The molecule has 1 N–H and O–H groups in total. The van der Waals surface area contributed by atoms with Gasteiger partial charge in [-0.2, -0.15) is 0 Å². The summed E-state index contributed by atoms with van der Waals surface area (Å²) in [5, 5.41) is 13.3. The molecule has 0 radical (unpaired) electrons. The summed E-state index contributed by atoms with van der Waals surface area (Å²) in [6, 6.07) is 7.91. The second-order valence-corrected chi connectivity index (χ2v) is 8.86. The molecule has 0 aliphatic carbocycles. The number of esters is 1. The molecule has 0 spiro atoms. The van der Waals surface area contributed by atoms with Gasteiger partial charge in [-0.25, -0.2) is 4.79 Å². The lowest BCUT2D eigenvalue weighted by Crippen LogP contribution is -2.71. The number of alkyl carbamates (subject to hydrolysis) is 1. The van der Waals surface area contributed by atoms with Crippen LogP contribution >= 0.6 is 0 Å². The molecule has 1 fully saturated rings. The highest BCUT2D eigenvalue weighted by Crippen LogP contribution is 2.25. The highest BCUT2D eigenvalue weighted by atomic mass is 16.6. The van der Waals surface area contributed by atoms with E-state index in [1.165, 1.54) is 29.2 Å². The number of likely N-dealkylation sites (tertiary alicyclic amines) is 1. The monoisotopic (exact) mass is 473 g/mol. The first-order chi connectivity index (χ1) is 16.0. The minimum absolute atomic E-state index is 0.0656. The average molecular weight is 473 g/mol. The lowest BCUT2D eigenvalue weighted by Gasteiger charge is -2.46. The first kappa shape index (κ1) is 24.7. The van der Waals surface area contributed by atoms with Crippen LogP contribution in [0, 0.1) is 10.1 Å². The number of hydrogen-bond donors (Lipinski definition) is 1. The maximum Gasteiger partial charge on any atom is 0.408 e. The lowest BCUT2D eigenvalue weighted by molar-refractivity contribution is -0.384.